The lowest BCUT2D eigenvalue weighted by molar-refractivity contribution is 0.0623. The fourth-order valence-corrected chi connectivity index (χ4v) is 4.26. The van der Waals surface area contributed by atoms with Crippen LogP contribution in [0, 0.1) is 6.92 Å². The van der Waals surface area contributed by atoms with E-state index >= 15 is 0 Å². The van der Waals surface area contributed by atoms with Gasteiger partial charge in [0.05, 0.1) is 12.0 Å². The molecule has 0 bridgehead atoms. The fourth-order valence-electron chi connectivity index (χ4n) is 4.26. The summed E-state index contributed by atoms with van der Waals surface area (Å²) < 4.78 is 11.8. The van der Waals surface area contributed by atoms with Crippen molar-refractivity contribution in [2.75, 3.05) is 6.54 Å². The van der Waals surface area contributed by atoms with Gasteiger partial charge in [-0.25, -0.2) is 0 Å². The van der Waals surface area contributed by atoms with Crippen molar-refractivity contribution in [1.29, 1.82) is 0 Å². The number of carbonyl (C=O) groups excluding carboxylic acids is 2. The highest BCUT2D eigenvalue weighted by molar-refractivity contribution is 6.13. The van der Waals surface area contributed by atoms with Crippen molar-refractivity contribution in [3.63, 3.8) is 0 Å². The molecular weight excluding hydrogens is 354 g/mol. The van der Waals surface area contributed by atoms with Gasteiger partial charge in [0.15, 0.2) is 11.5 Å². The van der Waals surface area contributed by atoms with E-state index in [0.29, 0.717) is 40.8 Å². The Balaban J connectivity index is 1.58. The van der Waals surface area contributed by atoms with Gasteiger partial charge in [0, 0.05) is 17.5 Å². The largest absolute Gasteiger partial charge is 0.487 e. The lowest BCUT2D eigenvalue weighted by Crippen LogP contribution is -2.36. The predicted octanol–water partition coefficient (Wildman–Crippen LogP) is 5.11. The molecule has 4 rings (SSSR count). The molecule has 0 radical (unpaired) electrons. The first kappa shape index (κ1) is 18.8. The lowest BCUT2D eigenvalue weighted by Gasteiger charge is -2.31. The monoisotopic (exact) mass is 381 g/mol. The quantitative estimate of drug-likeness (QED) is 0.748. The van der Waals surface area contributed by atoms with Crippen LogP contribution in [0.2, 0.25) is 0 Å². The highest BCUT2D eigenvalue weighted by Gasteiger charge is 2.35. The Hall–Kier alpha value is -2.56. The minimum Gasteiger partial charge on any atom is -0.487 e. The summed E-state index contributed by atoms with van der Waals surface area (Å²) in [5.74, 6) is 0.632. The number of aryl methyl sites for hydroxylation is 1. The van der Waals surface area contributed by atoms with Crippen LogP contribution in [-0.2, 0) is 0 Å². The molecule has 2 aliphatic rings. The van der Waals surface area contributed by atoms with Gasteiger partial charge in [-0.2, -0.15) is 0 Å². The molecule has 28 heavy (non-hydrogen) atoms. The number of benzene rings is 1. The smallest absolute Gasteiger partial charge is 0.287 e. The number of Topliss-reactive ketones (excluding diaryl/α,β-unsaturated/α-hetero) is 1. The molecule has 0 unspecified atom stereocenters. The van der Waals surface area contributed by atoms with Gasteiger partial charge in [-0.05, 0) is 65.0 Å². The van der Waals surface area contributed by atoms with Crippen LogP contribution in [-0.4, -0.2) is 23.8 Å². The van der Waals surface area contributed by atoms with Crippen LogP contribution >= 0.6 is 0 Å². The Bertz CT molecular complexity index is 980. The number of hydrogen-bond acceptors (Lipinski definition) is 4. The number of furan rings is 1. The summed E-state index contributed by atoms with van der Waals surface area (Å²) in [5, 5.41) is 3.66. The molecule has 0 spiro atoms. The first-order chi connectivity index (χ1) is 13.4. The zero-order valence-electron chi connectivity index (χ0n) is 16.8. The number of hydrogen-bond donors (Lipinski definition) is 1. The Morgan fingerprint density at radius 2 is 2.07 bits per heavy atom. The fraction of sp³-hybridized carbons (Fsp3) is 0.478. The standard InChI is InChI=1S/C23H27NO4/c1-14-19-17(9-10-18-20(19)16(25)13-23(2,3)28-18)27-21(14)22(26)24-12-11-15-7-5-4-6-8-15/h7,9-10H,4-6,8,11-13H2,1-3H3,(H,24,26). The van der Waals surface area contributed by atoms with E-state index in [1.165, 1.54) is 18.4 Å². The molecule has 5 nitrogen and oxygen atoms in total. The lowest BCUT2D eigenvalue weighted by atomic mass is 9.90. The summed E-state index contributed by atoms with van der Waals surface area (Å²) in [4.78, 5) is 25.5. The summed E-state index contributed by atoms with van der Waals surface area (Å²) in [6, 6.07) is 3.54. The Morgan fingerprint density at radius 1 is 1.25 bits per heavy atom. The van der Waals surface area contributed by atoms with E-state index in [1.807, 2.05) is 20.8 Å². The molecular formula is C23H27NO4. The first-order valence-corrected chi connectivity index (χ1v) is 10.1. The molecule has 0 saturated heterocycles. The molecule has 1 aliphatic heterocycles. The van der Waals surface area contributed by atoms with E-state index < -0.39 is 5.60 Å². The molecule has 0 saturated carbocycles. The second kappa shape index (κ2) is 7.12. The average molecular weight is 381 g/mol. The minimum atomic E-state index is -0.524. The maximum atomic E-state index is 12.8. The topological polar surface area (TPSA) is 68.5 Å². The summed E-state index contributed by atoms with van der Waals surface area (Å²) in [6.07, 6.45) is 8.25. The molecule has 1 N–H and O–H groups in total. The summed E-state index contributed by atoms with van der Waals surface area (Å²) in [7, 11) is 0. The van der Waals surface area contributed by atoms with Crippen LogP contribution in [0.4, 0.5) is 0 Å². The molecule has 2 heterocycles. The zero-order chi connectivity index (χ0) is 19.9. The number of ketones is 1. The Kier molecular flexibility index (Phi) is 4.77. The molecule has 2 aromatic rings. The van der Waals surface area contributed by atoms with Crippen LogP contribution in [0.1, 0.15) is 78.8 Å². The van der Waals surface area contributed by atoms with Gasteiger partial charge in [0.25, 0.3) is 5.91 Å². The van der Waals surface area contributed by atoms with Crippen molar-refractivity contribution >= 4 is 22.7 Å². The van der Waals surface area contributed by atoms with Gasteiger partial charge in [-0.15, -0.1) is 0 Å². The van der Waals surface area contributed by atoms with Gasteiger partial charge in [0.2, 0.25) is 0 Å². The van der Waals surface area contributed by atoms with Gasteiger partial charge in [0.1, 0.15) is 16.9 Å². The van der Waals surface area contributed by atoms with E-state index in [-0.39, 0.29) is 17.5 Å². The number of rotatable bonds is 4. The Labute approximate surface area is 165 Å². The SMILES string of the molecule is Cc1c(C(=O)NCCC2=CCCCC2)oc2ccc3c(c12)C(=O)CC(C)(C)O3. The number of carbonyl (C=O) groups is 2. The predicted molar refractivity (Wildman–Crippen MR) is 108 cm³/mol. The van der Waals surface area contributed by atoms with Gasteiger partial charge in [-0.3, -0.25) is 9.59 Å². The third-order valence-corrected chi connectivity index (χ3v) is 5.63. The van der Waals surface area contributed by atoms with E-state index in [0.717, 1.165) is 19.3 Å². The molecule has 5 heteroatoms. The zero-order valence-corrected chi connectivity index (χ0v) is 16.8. The molecule has 0 fully saturated rings. The highest BCUT2D eigenvalue weighted by Crippen LogP contribution is 2.40. The summed E-state index contributed by atoms with van der Waals surface area (Å²) in [5.41, 5.74) is 2.67. The van der Waals surface area contributed by atoms with E-state index in [1.54, 1.807) is 12.1 Å². The van der Waals surface area contributed by atoms with Crippen molar-refractivity contribution in [2.24, 2.45) is 0 Å². The number of ether oxygens (including phenoxy) is 1. The molecule has 1 aromatic heterocycles. The average Bonchev–Trinajstić information content (AvgIpc) is 2.98. The number of nitrogens with one attached hydrogen (secondary N) is 1. The summed E-state index contributed by atoms with van der Waals surface area (Å²) in [6.45, 7) is 6.23. The van der Waals surface area contributed by atoms with Gasteiger partial charge < -0.3 is 14.5 Å². The van der Waals surface area contributed by atoms with Crippen LogP contribution in [0.3, 0.4) is 0 Å². The molecule has 1 amide bonds. The second-order valence-corrected chi connectivity index (χ2v) is 8.44. The van der Waals surface area contributed by atoms with Crippen molar-refractivity contribution in [3.8, 4) is 5.75 Å². The van der Waals surface area contributed by atoms with E-state index in [2.05, 4.69) is 11.4 Å². The van der Waals surface area contributed by atoms with E-state index in [9.17, 15) is 9.59 Å². The van der Waals surface area contributed by atoms with Crippen molar-refractivity contribution in [3.05, 3.63) is 40.7 Å². The number of amides is 1. The third-order valence-electron chi connectivity index (χ3n) is 5.63. The number of fused-ring (bicyclic) bond motifs is 3. The maximum Gasteiger partial charge on any atom is 0.287 e. The van der Waals surface area contributed by atoms with E-state index in [4.69, 9.17) is 9.15 Å². The molecule has 1 aromatic carbocycles. The normalized spacial score (nSPS) is 18.4. The van der Waals surface area contributed by atoms with Crippen molar-refractivity contribution < 1.29 is 18.7 Å². The molecule has 0 atom stereocenters. The van der Waals surface area contributed by atoms with Gasteiger partial charge >= 0.3 is 0 Å². The van der Waals surface area contributed by atoms with Crippen LogP contribution in [0.5, 0.6) is 5.75 Å². The second-order valence-electron chi connectivity index (χ2n) is 8.44. The van der Waals surface area contributed by atoms with Crippen LogP contribution in [0.15, 0.2) is 28.2 Å². The minimum absolute atomic E-state index is 0.0249. The van der Waals surface area contributed by atoms with Crippen molar-refractivity contribution in [2.45, 2.75) is 64.9 Å². The molecule has 1 aliphatic carbocycles. The van der Waals surface area contributed by atoms with Crippen LogP contribution < -0.4 is 10.1 Å². The van der Waals surface area contributed by atoms with Gasteiger partial charge in [-0.1, -0.05) is 11.6 Å². The maximum absolute atomic E-state index is 12.8. The third kappa shape index (κ3) is 3.46. The molecule has 148 valence electrons. The van der Waals surface area contributed by atoms with Crippen molar-refractivity contribution in [1.82, 2.24) is 5.32 Å². The highest BCUT2D eigenvalue weighted by atomic mass is 16.5. The van der Waals surface area contributed by atoms with Crippen LogP contribution in [0.25, 0.3) is 11.0 Å². The Morgan fingerprint density at radius 3 is 2.82 bits per heavy atom. The summed E-state index contributed by atoms with van der Waals surface area (Å²) >= 11 is 0. The first-order valence-electron chi connectivity index (χ1n) is 10.1. The number of allylic oxidation sites excluding steroid dienone is 1.